The van der Waals surface area contributed by atoms with Crippen molar-refractivity contribution in [3.8, 4) is 5.75 Å². The van der Waals surface area contributed by atoms with E-state index >= 15 is 0 Å². The lowest BCUT2D eigenvalue weighted by Gasteiger charge is -2.09. The first-order chi connectivity index (χ1) is 10.2. The number of amidine groups is 1. The molecule has 0 aliphatic heterocycles. The van der Waals surface area contributed by atoms with Gasteiger partial charge >= 0.3 is 0 Å². The van der Waals surface area contributed by atoms with Crippen molar-refractivity contribution in [3.63, 3.8) is 0 Å². The van der Waals surface area contributed by atoms with Crippen LogP contribution in [0.15, 0.2) is 48.5 Å². The first-order valence-electron chi connectivity index (χ1n) is 6.55. The Kier molecular flexibility index (Phi) is 5.60. The van der Waals surface area contributed by atoms with Crippen molar-refractivity contribution >= 4 is 17.4 Å². The van der Waals surface area contributed by atoms with Crippen LogP contribution in [0.1, 0.15) is 11.1 Å². The fourth-order valence-electron chi connectivity index (χ4n) is 1.75. The lowest BCUT2D eigenvalue weighted by molar-refractivity contribution is 0.0889. The van der Waals surface area contributed by atoms with E-state index in [-0.39, 0.29) is 5.84 Å². The number of benzene rings is 2. The molecule has 0 amide bonds. The van der Waals surface area contributed by atoms with Gasteiger partial charge in [0.2, 0.25) is 0 Å². The minimum atomic E-state index is 0.000583. The molecule has 0 unspecified atom stereocenters. The topological polar surface area (TPSA) is 68.3 Å². The Hall–Kier alpha value is -2.04. The van der Waals surface area contributed by atoms with Crippen LogP contribution in [0.2, 0.25) is 5.02 Å². The number of nitrogens with two attached hydrogens (primary N) is 1. The summed E-state index contributed by atoms with van der Waals surface area (Å²) in [6, 6.07) is 14.8. The molecule has 2 aromatic rings. The largest absolute Gasteiger partial charge is 0.491 e. The molecular weight excluding hydrogens is 288 g/mol. The van der Waals surface area contributed by atoms with Gasteiger partial charge in [-0.1, -0.05) is 41.9 Å². The minimum absolute atomic E-state index is 0.000583. The summed E-state index contributed by atoms with van der Waals surface area (Å²) < 4.78 is 11.1. The van der Waals surface area contributed by atoms with Crippen molar-refractivity contribution in [1.82, 2.24) is 0 Å². The Morgan fingerprint density at radius 2 is 1.86 bits per heavy atom. The molecule has 110 valence electrons. The van der Waals surface area contributed by atoms with Crippen molar-refractivity contribution in [1.29, 1.82) is 5.41 Å². The summed E-state index contributed by atoms with van der Waals surface area (Å²) in [4.78, 5) is 0. The molecule has 2 aromatic carbocycles. The van der Waals surface area contributed by atoms with Gasteiger partial charge in [-0.25, -0.2) is 0 Å². The SMILES string of the molecule is N=C(N)c1ccc(COCCOc2ccccc2)c(Cl)c1. The molecule has 5 heteroatoms. The molecular formula is C16H17ClN2O2. The Labute approximate surface area is 129 Å². The average molecular weight is 305 g/mol. The van der Waals surface area contributed by atoms with Gasteiger partial charge in [0.05, 0.1) is 13.2 Å². The number of nitrogens with one attached hydrogen (secondary N) is 1. The lowest BCUT2D eigenvalue weighted by Crippen LogP contribution is -2.11. The first-order valence-corrected chi connectivity index (χ1v) is 6.93. The quantitative estimate of drug-likeness (QED) is 0.469. The van der Waals surface area contributed by atoms with E-state index in [1.165, 1.54) is 0 Å². The van der Waals surface area contributed by atoms with Crippen LogP contribution < -0.4 is 10.5 Å². The highest BCUT2D eigenvalue weighted by atomic mass is 35.5. The van der Waals surface area contributed by atoms with Crippen LogP contribution in [-0.4, -0.2) is 19.0 Å². The third-order valence-electron chi connectivity index (χ3n) is 2.86. The second-order valence-electron chi connectivity index (χ2n) is 4.43. The number of rotatable bonds is 7. The monoisotopic (exact) mass is 304 g/mol. The fourth-order valence-corrected chi connectivity index (χ4v) is 1.98. The van der Waals surface area contributed by atoms with E-state index in [9.17, 15) is 0 Å². The number of para-hydroxylation sites is 1. The van der Waals surface area contributed by atoms with E-state index in [4.69, 9.17) is 32.2 Å². The smallest absolute Gasteiger partial charge is 0.122 e. The molecule has 0 spiro atoms. The molecule has 2 rings (SSSR count). The maximum atomic E-state index is 7.35. The first kappa shape index (κ1) is 15.4. The molecule has 0 saturated carbocycles. The normalized spacial score (nSPS) is 10.3. The zero-order valence-corrected chi connectivity index (χ0v) is 12.3. The molecule has 0 heterocycles. The van der Waals surface area contributed by atoms with Gasteiger partial charge in [-0.2, -0.15) is 0 Å². The van der Waals surface area contributed by atoms with E-state index in [1.807, 2.05) is 36.4 Å². The van der Waals surface area contributed by atoms with Gasteiger partial charge in [-0.3, -0.25) is 5.41 Å². The summed E-state index contributed by atoms with van der Waals surface area (Å²) >= 11 is 6.12. The van der Waals surface area contributed by atoms with Crippen molar-refractivity contribution in [2.75, 3.05) is 13.2 Å². The van der Waals surface area contributed by atoms with Gasteiger partial charge in [0.1, 0.15) is 18.2 Å². The molecule has 0 fully saturated rings. The van der Waals surface area contributed by atoms with Gasteiger partial charge in [-0.05, 0) is 23.8 Å². The van der Waals surface area contributed by atoms with Gasteiger partial charge < -0.3 is 15.2 Å². The van der Waals surface area contributed by atoms with Crippen LogP contribution in [0.5, 0.6) is 5.75 Å². The van der Waals surface area contributed by atoms with E-state index in [2.05, 4.69) is 0 Å². The predicted octanol–water partition coefficient (Wildman–Crippen LogP) is 3.22. The molecule has 0 saturated heterocycles. The molecule has 3 N–H and O–H groups in total. The third-order valence-corrected chi connectivity index (χ3v) is 3.21. The summed E-state index contributed by atoms with van der Waals surface area (Å²) in [5, 5.41) is 7.90. The Morgan fingerprint density at radius 1 is 1.10 bits per heavy atom. The Balaban J connectivity index is 1.75. The van der Waals surface area contributed by atoms with Gasteiger partial charge in [0.25, 0.3) is 0 Å². The van der Waals surface area contributed by atoms with Crippen LogP contribution in [-0.2, 0) is 11.3 Å². The molecule has 0 aliphatic rings. The van der Waals surface area contributed by atoms with Crippen LogP contribution in [0, 0.1) is 5.41 Å². The third kappa shape index (κ3) is 4.77. The summed E-state index contributed by atoms with van der Waals surface area (Å²) in [6.07, 6.45) is 0. The second-order valence-corrected chi connectivity index (χ2v) is 4.84. The lowest BCUT2D eigenvalue weighted by atomic mass is 10.1. The van der Waals surface area contributed by atoms with Gasteiger partial charge in [0.15, 0.2) is 0 Å². The van der Waals surface area contributed by atoms with E-state index in [1.54, 1.807) is 12.1 Å². The standard InChI is InChI=1S/C16H17ClN2O2/c17-15-10-12(16(18)19)6-7-13(15)11-20-8-9-21-14-4-2-1-3-5-14/h1-7,10H,8-9,11H2,(H3,18,19). The van der Waals surface area contributed by atoms with Crippen LogP contribution in [0.3, 0.4) is 0 Å². The zero-order valence-electron chi connectivity index (χ0n) is 11.5. The van der Waals surface area contributed by atoms with Crippen molar-refractivity contribution in [2.24, 2.45) is 5.73 Å². The highest BCUT2D eigenvalue weighted by Gasteiger charge is 2.04. The van der Waals surface area contributed by atoms with Crippen molar-refractivity contribution in [2.45, 2.75) is 6.61 Å². The molecule has 0 bridgehead atoms. The minimum Gasteiger partial charge on any atom is -0.491 e. The predicted molar refractivity (Wildman–Crippen MR) is 84.1 cm³/mol. The number of hydrogen-bond donors (Lipinski definition) is 2. The van der Waals surface area contributed by atoms with Crippen molar-refractivity contribution in [3.05, 3.63) is 64.7 Å². The van der Waals surface area contributed by atoms with E-state index in [0.717, 1.165) is 11.3 Å². The van der Waals surface area contributed by atoms with Crippen LogP contribution in [0.25, 0.3) is 0 Å². The molecule has 0 aromatic heterocycles. The molecule has 4 nitrogen and oxygen atoms in total. The van der Waals surface area contributed by atoms with Crippen LogP contribution in [0.4, 0.5) is 0 Å². The van der Waals surface area contributed by atoms with E-state index in [0.29, 0.717) is 30.4 Å². The number of nitrogen functional groups attached to an aromatic ring is 1. The van der Waals surface area contributed by atoms with Gasteiger partial charge in [-0.15, -0.1) is 0 Å². The highest BCUT2D eigenvalue weighted by Crippen LogP contribution is 2.18. The van der Waals surface area contributed by atoms with E-state index < -0.39 is 0 Å². The Bertz CT molecular complexity index is 602. The number of ether oxygens (including phenoxy) is 2. The summed E-state index contributed by atoms with van der Waals surface area (Å²) in [7, 11) is 0. The number of halogens is 1. The maximum Gasteiger partial charge on any atom is 0.122 e. The van der Waals surface area contributed by atoms with Gasteiger partial charge in [0, 0.05) is 10.6 Å². The van der Waals surface area contributed by atoms with Crippen LogP contribution >= 0.6 is 11.6 Å². The summed E-state index contributed by atoms with van der Waals surface area (Å²) in [5.74, 6) is 0.825. The molecule has 0 aliphatic carbocycles. The Morgan fingerprint density at radius 3 is 2.52 bits per heavy atom. The molecule has 21 heavy (non-hydrogen) atoms. The average Bonchev–Trinajstić information content (AvgIpc) is 2.49. The zero-order chi connectivity index (χ0) is 15.1. The number of hydrogen-bond acceptors (Lipinski definition) is 3. The highest BCUT2D eigenvalue weighted by molar-refractivity contribution is 6.31. The van der Waals surface area contributed by atoms with Crippen molar-refractivity contribution < 1.29 is 9.47 Å². The molecule has 0 radical (unpaired) electrons. The summed E-state index contributed by atoms with van der Waals surface area (Å²) in [5.41, 5.74) is 6.87. The fraction of sp³-hybridized carbons (Fsp3) is 0.188. The summed E-state index contributed by atoms with van der Waals surface area (Å²) in [6.45, 7) is 1.35. The molecule has 0 atom stereocenters. The second kappa shape index (κ2) is 7.67. The maximum absolute atomic E-state index is 7.35.